The molecule has 2 bridgehead atoms. The summed E-state index contributed by atoms with van der Waals surface area (Å²) in [5.41, 5.74) is 3.64. The Morgan fingerprint density at radius 3 is 2.78 bits per heavy atom. The van der Waals surface area contributed by atoms with Gasteiger partial charge < -0.3 is 10.6 Å². The van der Waals surface area contributed by atoms with E-state index in [1.54, 1.807) is 0 Å². The van der Waals surface area contributed by atoms with Crippen molar-refractivity contribution in [3.63, 3.8) is 0 Å². The summed E-state index contributed by atoms with van der Waals surface area (Å²) in [5.74, 6) is 0. The van der Waals surface area contributed by atoms with Crippen molar-refractivity contribution in [1.29, 1.82) is 0 Å². The van der Waals surface area contributed by atoms with Gasteiger partial charge >= 0.3 is 0 Å². The predicted molar refractivity (Wildman–Crippen MR) is 74.5 cm³/mol. The van der Waals surface area contributed by atoms with Crippen molar-refractivity contribution < 1.29 is 0 Å². The topological polar surface area (TPSA) is 40.2 Å². The second-order valence-corrected chi connectivity index (χ2v) is 5.15. The van der Waals surface area contributed by atoms with Crippen LogP contribution in [0.1, 0.15) is 23.4 Å². The summed E-state index contributed by atoms with van der Waals surface area (Å²) in [5, 5.41) is 6.93. The van der Waals surface area contributed by atoms with E-state index in [1.165, 1.54) is 17.7 Å². The fraction of sp³-hybridized carbons (Fsp3) is 0.643. The van der Waals surface area contributed by atoms with Crippen LogP contribution in [0.4, 0.5) is 0 Å². The molecule has 0 spiro atoms. The van der Waals surface area contributed by atoms with Crippen LogP contribution < -0.4 is 10.6 Å². The largest absolute Gasteiger partial charge is 0.315 e. The maximum absolute atomic E-state index is 4.72. The van der Waals surface area contributed by atoms with Crippen LogP contribution in [0.25, 0.3) is 0 Å². The van der Waals surface area contributed by atoms with Gasteiger partial charge in [0.15, 0.2) is 0 Å². The molecule has 1 aliphatic heterocycles. The van der Waals surface area contributed by atoms with Crippen LogP contribution in [-0.2, 0) is 13.1 Å². The van der Waals surface area contributed by atoms with Gasteiger partial charge in [-0.25, -0.2) is 0 Å². The van der Waals surface area contributed by atoms with Gasteiger partial charge in [0.25, 0.3) is 0 Å². The van der Waals surface area contributed by atoms with E-state index >= 15 is 0 Å². The molecule has 0 unspecified atom stereocenters. The zero-order chi connectivity index (χ0) is 12.8. The van der Waals surface area contributed by atoms with Crippen LogP contribution in [0.3, 0.4) is 0 Å². The molecule has 4 heteroatoms. The number of rotatable bonds is 0. The van der Waals surface area contributed by atoms with E-state index < -0.39 is 0 Å². The van der Waals surface area contributed by atoms with E-state index in [2.05, 4.69) is 41.6 Å². The first-order chi connectivity index (χ1) is 8.74. The summed E-state index contributed by atoms with van der Waals surface area (Å²) >= 11 is 0. The Labute approximate surface area is 110 Å². The normalized spacial score (nSPS) is 19.7. The molecule has 1 aromatic rings. The number of nitrogens with one attached hydrogen (secondary N) is 2. The predicted octanol–water partition coefficient (Wildman–Crippen LogP) is 0.905. The van der Waals surface area contributed by atoms with E-state index in [0.29, 0.717) is 0 Å². The molecule has 0 saturated heterocycles. The number of hydrogen-bond donors (Lipinski definition) is 2. The highest BCUT2D eigenvalue weighted by Crippen LogP contribution is 2.07. The first-order valence-electron chi connectivity index (χ1n) is 6.80. The Hall–Kier alpha value is -0.970. The average molecular weight is 248 g/mol. The standard InChI is InChI=1S/C14H24N4/c1-12-8-13-10-16-5-3-4-15-6-7-18(2)11-14(9-12)17-13/h8-9,15-16H,3-7,10-11H2,1-2H3. The van der Waals surface area contributed by atoms with Crippen LogP contribution in [0.5, 0.6) is 0 Å². The minimum absolute atomic E-state index is 0.873. The smallest absolute Gasteiger partial charge is 0.0550 e. The summed E-state index contributed by atoms with van der Waals surface area (Å²) in [4.78, 5) is 7.05. The molecule has 0 fully saturated rings. The zero-order valence-corrected chi connectivity index (χ0v) is 11.5. The Morgan fingerprint density at radius 1 is 1.11 bits per heavy atom. The van der Waals surface area contributed by atoms with Gasteiger partial charge in [-0.3, -0.25) is 9.88 Å². The fourth-order valence-electron chi connectivity index (χ4n) is 2.29. The Kier molecular flexibility index (Phi) is 5.11. The number of hydrogen-bond acceptors (Lipinski definition) is 4. The molecule has 2 N–H and O–H groups in total. The van der Waals surface area contributed by atoms with Crippen LogP contribution in [0.15, 0.2) is 12.1 Å². The third kappa shape index (κ3) is 4.37. The lowest BCUT2D eigenvalue weighted by molar-refractivity contribution is 0.320. The molecule has 100 valence electrons. The number of nitrogens with zero attached hydrogens (tertiary/aromatic N) is 2. The van der Waals surface area contributed by atoms with Crippen molar-refractivity contribution in [1.82, 2.24) is 20.5 Å². The maximum atomic E-state index is 4.72. The lowest BCUT2D eigenvalue weighted by atomic mass is 10.2. The van der Waals surface area contributed by atoms with Crippen LogP contribution in [0, 0.1) is 6.92 Å². The van der Waals surface area contributed by atoms with E-state index in [9.17, 15) is 0 Å². The van der Waals surface area contributed by atoms with E-state index in [4.69, 9.17) is 4.98 Å². The van der Waals surface area contributed by atoms with Gasteiger partial charge in [-0.15, -0.1) is 0 Å². The molecule has 1 aromatic heterocycles. The SMILES string of the molecule is Cc1cc2nc(c1)CN(C)CCNCCCNC2. The first kappa shape index (κ1) is 13.5. The Balaban J connectivity index is 2.09. The van der Waals surface area contributed by atoms with Crippen molar-refractivity contribution in [2.24, 2.45) is 0 Å². The minimum atomic E-state index is 0.873. The molecule has 0 radical (unpaired) electrons. The quantitative estimate of drug-likeness (QED) is 0.716. The highest BCUT2D eigenvalue weighted by atomic mass is 15.1. The Morgan fingerprint density at radius 2 is 1.89 bits per heavy atom. The van der Waals surface area contributed by atoms with Crippen molar-refractivity contribution in [2.75, 3.05) is 33.2 Å². The zero-order valence-electron chi connectivity index (χ0n) is 11.5. The van der Waals surface area contributed by atoms with Gasteiger partial charge in [0.1, 0.15) is 0 Å². The minimum Gasteiger partial charge on any atom is -0.315 e. The molecule has 0 aromatic carbocycles. The van der Waals surface area contributed by atoms with Gasteiger partial charge in [0, 0.05) is 26.2 Å². The van der Waals surface area contributed by atoms with Crippen LogP contribution in [-0.4, -0.2) is 43.1 Å². The molecule has 0 atom stereocenters. The molecule has 0 amide bonds. The number of aryl methyl sites for hydroxylation is 1. The van der Waals surface area contributed by atoms with Gasteiger partial charge in [0.05, 0.1) is 11.4 Å². The first-order valence-corrected chi connectivity index (χ1v) is 6.80. The molecule has 0 saturated carbocycles. The van der Waals surface area contributed by atoms with Gasteiger partial charge in [-0.1, -0.05) is 0 Å². The van der Waals surface area contributed by atoms with Crippen molar-refractivity contribution >= 4 is 0 Å². The van der Waals surface area contributed by atoms with Gasteiger partial charge in [-0.2, -0.15) is 0 Å². The summed E-state index contributed by atoms with van der Waals surface area (Å²) in [6, 6.07) is 4.36. The van der Waals surface area contributed by atoms with Crippen molar-refractivity contribution in [2.45, 2.75) is 26.4 Å². The van der Waals surface area contributed by atoms with Gasteiger partial charge in [0.2, 0.25) is 0 Å². The van der Waals surface area contributed by atoms with Gasteiger partial charge in [-0.05, 0) is 51.2 Å². The second-order valence-electron chi connectivity index (χ2n) is 5.15. The van der Waals surface area contributed by atoms with E-state index in [-0.39, 0.29) is 0 Å². The molecule has 18 heavy (non-hydrogen) atoms. The van der Waals surface area contributed by atoms with Crippen molar-refractivity contribution in [3.8, 4) is 0 Å². The Bertz CT molecular complexity index is 378. The van der Waals surface area contributed by atoms with Crippen LogP contribution in [0.2, 0.25) is 0 Å². The number of pyridine rings is 1. The molecular weight excluding hydrogens is 224 g/mol. The summed E-state index contributed by atoms with van der Waals surface area (Å²) < 4.78 is 0. The molecule has 0 aliphatic carbocycles. The summed E-state index contributed by atoms with van der Waals surface area (Å²) in [6.45, 7) is 8.20. The lowest BCUT2D eigenvalue weighted by Crippen LogP contribution is -2.30. The molecule has 2 heterocycles. The highest BCUT2D eigenvalue weighted by Gasteiger charge is 2.05. The average Bonchev–Trinajstić information content (AvgIpc) is 2.32. The monoisotopic (exact) mass is 248 g/mol. The van der Waals surface area contributed by atoms with E-state index in [0.717, 1.165) is 45.0 Å². The summed E-state index contributed by atoms with van der Waals surface area (Å²) in [6.07, 6.45) is 1.17. The maximum Gasteiger partial charge on any atom is 0.0550 e. The lowest BCUT2D eigenvalue weighted by Gasteiger charge is -2.17. The third-order valence-corrected chi connectivity index (χ3v) is 3.19. The molecule has 2 rings (SSSR count). The highest BCUT2D eigenvalue weighted by molar-refractivity contribution is 5.20. The van der Waals surface area contributed by atoms with Crippen molar-refractivity contribution in [3.05, 3.63) is 29.1 Å². The molecule has 4 nitrogen and oxygen atoms in total. The second kappa shape index (κ2) is 6.83. The number of fused-ring (bicyclic) bond motifs is 2. The summed E-state index contributed by atoms with van der Waals surface area (Å²) in [7, 11) is 2.16. The number of likely N-dealkylation sites (N-methyl/N-ethyl adjacent to an activating group) is 1. The number of aromatic nitrogens is 1. The fourth-order valence-corrected chi connectivity index (χ4v) is 2.29. The third-order valence-electron chi connectivity index (χ3n) is 3.19. The molecular formula is C14H24N4. The van der Waals surface area contributed by atoms with E-state index in [1.807, 2.05) is 0 Å². The molecule has 1 aliphatic rings. The van der Waals surface area contributed by atoms with Crippen LogP contribution >= 0.6 is 0 Å².